The highest BCUT2D eigenvalue weighted by Gasteiger charge is 2.28. The predicted molar refractivity (Wildman–Crippen MR) is 77.9 cm³/mol. The summed E-state index contributed by atoms with van der Waals surface area (Å²) in [6.07, 6.45) is 2.79. The van der Waals surface area contributed by atoms with Crippen LogP contribution in [0.1, 0.15) is 40.5 Å². The molecule has 106 valence electrons. The molecule has 0 aromatic carbocycles. The maximum absolute atomic E-state index is 3.71. The Balaban J connectivity index is 1.79. The second-order valence-corrected chi connectivity index (χ2v) is 6.66. The van der Waals surface area contributed by atoms with Gasteiger partial charge in [-0.3, -0.25) is 9.80 Å². The zero-order valence-corrected chi connectivity index (χ0v) is 12.7. The third-order valence-corrected chi connectivity index (χ3v) is 4.51. The number of nitrogens with zero attached hydrogens (tertiary/aromatic N) is 2. The Morgan fingerprint density at radius 2 is 1.50 bits per heavy atom. The van der Waals surface area contributed by atoms with E-state index in [1.54, 1.807) is 0 Å². The topological polar surface area (TPSA) is 18.5 Å². The number of nitrogens with one attached hydrogen (secondary N) is 1. The van der Waals surface area contributed by atoms with Gasteiger partial charge in [0.1, 0.15) is 0 Å². The second-order valence-electron chi connectivity index (χ2n) is 6.66. The van der Waals surface area contributed by atoms with E-state index in [4.69, 9.17) is 0 Å². The number of hydrogen-bond donors (Lipinski definition) is 1. The van der Waals surface area contributed by atoms with Gasteiger partial charge in [-0.1, -0.05) is 13.8 Å². The summed E-state index contributed by atoms with van der Waals surface area (Å²) in [4.78, 5) is 5.31. The van der Waals surface area contributed by atoms with Gasteiger partial charge in [-0.05, 0) is 32.6 Å². The van der Waals surface area contributed by atoms with E-state index < -0.39 is 0 Å². The van der Waals surface area contributed by atoms with Gasteiger partial charge < -0.3 is 5.32 Å². The van der Waals surface area contributed by atoms with E-state index in [9.17, 15) is 0 Å². The molecule has 3 heteroatoms. The molecule has 2 rings (SSSR count). The number of piperazine rings is 1. The molecule has 0 spiro atoms. The Morgan fingerprint density at radius 3 is 1.94 bits per heavy atom. The molecule has 0 bridgehead atoms. The van der Waals surface area contributed by atoms with E-state index in [1.165, 1.54) is 45.6 Å². The van der Waals surface area contributed by atoms with Crippen LogP contribution in [-0.4, -0.2) is 60.6 Å². The monoisotopic (exact) mass is 253 g/mol. The fourth-order valence-electron chi connectivity index (χ4n) is 2.95. The van der Waals surface area contributed by atoms with Crippen molar-refractivity contribution in [3.8, 4) is 0 Å². The lowest BCUT2D eigenvalue weighted by Gasteiger charge is -2.42. The van der Waals surface area contributed by atoms with Crippen molar-refractivity contribution in [3.05, 3.63) is 0 Å². The molecule has 0 aromatic heterocycles. The highest BCUT2D eigenvalue weighted by Crippen LogP contribution is 2.20. The molecule has 1 saturated heterocycles. The first-order valence-electron chi connectivity index (χ1n) is 7.79. The third kappa shape index (κ3) is 3.94. The van der Waals surface area contributed by atoms with E-state index in [1.807, 2.05) is 0 Å². The zero-order chi connectivity index (χ0) is 13.1. The molecule has 1 heterocycles. The minimum atomic E-state index is 0.703. The summed E-state index contributed by atoms with van der Waals surface area (Å²) in [6.45, 7) is 15.5. The molecule has 1 aliphatic carbocycles. The van der Waals surface area contributed by atoms with Crippen LogP contribution in [0.5, 0.6) is 0 Å². The Kier molecular flexibility index (Phi) is 5.05. The van der Waals surface area contributed by atoms with Crippen molar-refractivity contribution in [2.45, 2.75) is 58.7 Å². The number of rotatable bonds is 6. The zero-order valence-electron chi connectivity index (χ0n) is 12.7. The first-order valence-corrected chi connectivity index (χ1v) is 7.79. The van der Waals surface area contributed by atoms with Gasteiger partial charge in [-0.2, -0.15) is 0 Å². The first-order chi connectivity index (χ1) is 8.58. The molecule has 1 N–H and O–H groups in total. The minimum absolute atomic E-state index is 0.703. The van der Waals surface area contributed by atoms with Crippen LogP contribution in [0.3, 0.4) is 0 Å². The molecule has 1 unspecified atom stereocenters. The molecule has 18 heavy (non-hydrogen) atoms. The summed E-state index contributed by atoms with van der Waals surface area (Å²) in [7, 11) is 0. The Hall–Kier alpha value is -0.120. The van der Waals surface area contributed by atoms with Crippen LogP contribution in [0.4, 0.5) is 0 Å². The second kappa shape index (κ2) is 6.36. The maximum atomic E-state index is 3.71. The third-order valence-electron chi connectivity index (χ3n) is 4.51. The van der Waals surface area contributed by atoms with Crippen LogP contribution < -0.4 is 5.32 Å². The highest BCUT2D eigenvalue weighted by atomic mass is 15.3. The van der Waals surface area contributed by atoms with Crippen LogP contribution in [-0.2, 0) is 0 Å². The Morgan fingerprint density at radius 1 is 0.944 bits per heavy atom. The lowest BCUT2D eigenvalue weighted by atomic mass is 10.0. The maximum Gasteiger partial charge on any atom is 0.0244 e. The molecule has 2 fully saturated rings. The average Bonchev–Trinajstić information content (AvgIpc) is 3.13. The molecular formula is C15H31N3. The fourth-order valence-corrected chi connectivity index (χ4v) is 2.95. The van der Waals surface area contributed by atoms with Gasteiger partial charge in [0.2, 0.25) is 0 Å². The molecule has 1 saturated carbocycles. The Bertz CT molecular complexity index is 240. The normalized spacial score (nSPS) is 25.0. The summed E-state index contributed by atoms with van der Waals surface area (Å²) in [5.74, 6) is 0.752. The van der Waals surface area contributed by atoms with Crippen molar-refractivity contribution in [2.75, 3.05) is 32.7 Å². The van der Waals surface area contributed by atoms with Crippen molar-refractivity contribution in [3.63, 3.8) is 0 Å². The predicted octanol–water partition coefficient (Wildman–Crippen LogP) is 1.79. The summed E-state index contributed by atoms with van der Waals surface area (Å²) >= 11 is 0. The molecule has 0 radical (unpaired) electrons. The summed E-state index contributed by atoms with van der Waals surface area (Å²) in [6, 6.07) is 2.26. The average molecular weight is 253 g/mol. The van der Waals surface area contributed by atoms with Gasteiger partial charge in [-0.25, -0.2) is 0 Å². The smallest absolute Gasteiger partial charge is 0.0244 e. The molecular weight excluding hydrogens is 222 g/mol. The van der Waals surface area contributed by atoms with Crippen LogP contribution in [0.2, 0.25) is 0 Å². The highest BCUT2D eigenvalue weighted by molar-refractivity contribution is 4.87. The van der Waals surface area contributed by atoms with Crippen molar-refractivity contribution in [2.24, 2.45) is 5.92 Å². The van der Waals surface area contributed by atoms with Crippen LogP contribution in [0.15, 0.2) is 0 Å². The molecule has 1 atom stereocenters. The van der Waals surface area contributed by atoms with Crippen LogP contribution in [0.25, 0.3) is 0 Å². The molecule has 0 aromatic rings. The van der Waals surface area contributed by atoms with Gasteiger partial charge in [0.05, 0.1) is 0 Å². The first kappa shape index (κ1) is 14.3. The summed E-state index contributed by atoms with van der Waals surface area (Å²) in [5.41, 5.74) is 0. The molecule has 0 amide bonds. The molecule has 1 aliphatic heterocycles. The summed E-state index contributed by atoms with van der Waals surface area (Å²) in [5, 5.41) is 3.71. The minimum Gasteiger partial charge on any atom is -0.312 e. The van der Waals surface area contributed by atoms with Crippen molar-refractivity contribution >= 4 is 0 Å². The van der Waals surface area contributed by atoms with Gasteiger partial charge >= 0.3 is 0 Å². The standard InChI is InChI=1S/C15H31N3/c1-12(2)15(11-16-14-5-6-14)18-9-7-17(8-10-18)13(3)4/h12-16H,5-11H2,1-4H3. The van der Waals surface area contributed by atoms with E-state index in [2.05, 4.69) is 42.8 Å². The molecule has 2 aliphatic rings. The van der Waals surface area contributed by atoms with Crippen LogP contribution >= 0.6 is 0 Å². The van der Waals surface area contributed by atoms with Gasteiger partial charge in [0.15, 0.2) is 0 Å². The SMILES string of the molecule is CC(C)C(CNC1CC1)N1CCN(C(C)C)CC1. The Labute approximate surface area is 113 Å². The van der Waals surface area contributed by atoms with E-state index in [-0.39, 0.29) is 0 Å². The van der Waals surface area contributed by atoms with Gasteiger partial charge in [0.25, 0.3) is 0 Å². The lowest BCUT2D eigenvalue weighted by Crippen LogP contribution is -2.55. The van der Waals surface area contributed by atoms with Crippen molar-refractivity contribution < 1.29 is 0 Å². The van der Waals surface area contributed by atoms with E-state index >= 15 is 0 Å². The van der Waals surface area contributed by atoms with Crippen molar-refractivity contribution in [1.82, 2.24) is 15.1 Å². The van der Waals surface area contributed by atoms with Gasteiger partial charge in [0, 0.05) is 50.8 Å². The van der Waals surface area contributed by atoms with E-state index in [0.717, 1.165) is 18.0 Å². The van der Waals surface area contributed by atoms with Gasteiger partial charge in [-0.15, -0.1) is 0 Å². The van der Waals surface area contributed by atoms with Crippen molar-refractivity contribution in [1.29, 1.82) is 0 Å². The molecule has 3 nitrogen and oxygen atoms in total. The largest absolute Gasteiger partial charge is 0.312 e. The number of hydrogen-bond acceptors (Lipinski definition) is 3. The summed E-state index contributed by atoms with van der Waals surface area (Å²) < 4.78 is 0. The lowest BCUT2D eigenvalue weighted by molar-refractivity contribution is 0.0614. The fraction of sp³-hybridized carbons (Fsp3) is 1.00. The van der Waals surface area contributed by atoms with Crippen LogP contribution in [0, 0.1) is 5.92 Å². The quantitative estimate of drug-likeness (QED) is 0.778. The van der Waals surface area contributed by atoms with E-state index in [0.29, 0.717) is 6.04 Å².